The van der Waals surface area contributed by atoms with Crippen molar-refractivity contribution >= 4 is 12.4 Å². The monoisotopic (exact) mass is 385 g/mol. The van der Waals surface area contributed by atoms with Crippen molar-refractivity contribution in [1.82, 2.24) is 4.90 Å². The van der Waals surface area contributed by atoms with Gasteiger partial charge in [-0.3, -0.25) is 4.90 Å². The molecule has 1 aromatic carbocycles. The number of hydrogen-bond donors (Lipinski definition) is 1. The zero-order valence-corrected chi connectivity index (χ0v) is 16.7. The Morgan fingerprint density at radius 3 is 2.54 bits per heavy atom. The molecule has 148 valence electrons. The molecule has 26 heavy (non-hydrogen) atoms. The van der Waals surface area contributed by atoms with Gasteiger partial charge in [0.2, 0.25) is 0 Å². The lowest BCUT2D eigenvalue weighted by Crippen LogP contribution is -2.46. The van der Waals surface area contributed by atoms with Crippen molar-refractivity contribution in [3.05, 3.63) is 23.8 Å². The fourth-order valence-corrected chi connectivity index (χ4v) is 4.12. The Morgan fingerprint density at radius 1 is 1.08 bits per heavy atom. The molecule has 0 radical (unpaired) electrons. The fraction of sp³-hybridized carbons (Fsp3) is 0.700. The molecule has 5 nitrogen and oxygen atoms in total. The van der Waals surface area contributed by atoms with Crippen LogP contribution < -0.4 is 9.47 Å². The van der Waals surface area contributed by atoms with Crippen LogP contribution in [-0.2, 0) is 11.2 Å². The number of likely N-dealkylation sites (tertiary alicyclic amines) is 1. The molecular formula is C20H32ClNO4. The summed E-state index contributed by atoms with van der Waals surface area (Å²) in [5, 5.41) is 9.83. The molecule has 1 N–H and O–H groups in total. The molecule has 2 fully saturated rings. The summed E-state index contributed by atoms with van der Waals surface area (Å²) in [7, 11) is 3.31. The van der Waals surface area contributed by atoms with Crippen LogP contribution in [-0.4, -0.2) is 62.2 Å². The Hall–Kier alpha value is -1.01. The number of aliphatic hydroxyl groups is 1. The maximum Gasteiger partial charge on any atom is 0.160 e. The Balaban J connectivity index is 0.00000243. The normalized spacial score (nSPS) is 26.3. The standard InChI is InChI=1S/C20H31NO4.ClH/c1-23-19-8-7-15(13-20(19)24-2)10-12-25-18-6-4-3-5-17(18)21-11-9-16(22)14-21;/h7-8,13,16-18,22H,3-6,9-12,14H2,1-2H3;1H/t16?,17-,18-;/m0./s1. The molecule has 0 spiro atoms. The molecule has 1 saturated carbocycles. The minimum absolute atomic E-state index is 0. The van der Waals surface area contributed by atoms with Gasteiger partial charge in [-0.15, -0.1) is 12.4 Å². The van der Waals surface area contributed by atoms with Crippen LogP contribution >= 0.6 is 12.4 Å². The highest BCUT2D eigenvalue weighted by atomic mass is 35.5. The second-order valence-corrected chi connectivity index (χ2v) is 7.14. The minimum Gasteiger partial charge on any atom is -0.493 e. The molecule has 1 aliphatic carbocycles. The molecule has 1 aromatic rings. The van der Waals surface area contributed by atoms with Crippen molar-refractivity contribution in [1.29, 1.82) is 0 Å². The van der Waals surface area contributed by atoms with Gasteiger partial charge in [0.25, 0.3) is 0 Å². The molecule has 3 atom stereocenters. The average molecular weight is 386 g/mol. The van der Waals surface area contributed by atoms with Crippen LogP contribution in [0.3, 0.4) is 0 Å². The van der Waals surface area contributed by atoms with Crippen LogP contribution in [0.25, 0.3) is 0 Å². The Bertz CT molecular complexity index is 557. The molecule has 1 heterocycles. The van der Waals surface area contributed by atoms with Crippen LogP contribution in [0, 0.1) is 0 Å². The first-order chi connectivity index (χ1) is 12.2. The van der Waals surface area contributed by atoms with E-state index < -0.39 is 0 Å². The van der Waals surface area contributed by atoms with Gasteiger partial charge in [0.1, 0.15) is 0 Å². The quantitative estimate of drug-likeness (QED) is 0.781. The Kier molecular flexibility index (Phi) is 8.48. The summed E-state index contributed by atoms with van der Waals surface area (Å²) in [5.74, 6) is 1.52. The van der Waals surface area contributed by atoms with Crippen LogP contribution in [0.4, 0.5) is 0 Å². The Morgan fingerprint density at radius 2 is 1.85 bits per heavy atom. The van der Waals surface area contributed by atoms with Gasteiger partial charge < -0.3 is 19.3 Å². The highest BCUT2D eigenvalue weighted by molar-refractivity contribution is 5.85. The number of methoxy groups -OCH3 is 2. The lowest BCUT2D eigenvalue weighted by Gasteiger charge is -2.37. The van der Waals surface area contributed by atoms with Gasteiger partial charge in [-0.2, -0.15) is 0 Å². The van der Waals surface area contributed by atoms with Crippen molar-refractivity contribution in [2.45, 2.75) is 56.8 Å². The highest BCUT2D eigenvalue weighted by Gasteiger charge is 2.34. The first-order valence-electron chi connectivity index (χ1n) is 9.46. The molecule has 3 rings (SSSR count). The van der Waals surface area contributed by atoms with Gasteiger partial charge in [0, 0.05) is 19.1 Å². The summed E-state index contributed by atoms with van der Waals surface area (Å²) in [6, 6.07) is 6.51. The molecule has 0 bridgehead atoms. The topological polar surface area (TPSA) is 51.2 Å². The number of aliphatic hydroxyl groups excluding tert-OH is 1. The van der Waals surface area contributed by atoms with E-state index in [4.69, 9.17) is 14.2 Å². The summed E-state index contributed by atoms with van der Waals surface area (Å²) in [5.41, 5.74) is 1.20. The van der Waals surface area contributed by atoms with Gasteiger partial charge in [0.05, 0.1) is 33.0 Å². The summed E-state index contributed by atoms with van der Waals surface area (Å²) in [6.45, 7) is 2.52. The van der Waals surface area contributed by atoms with Gasteiger partial charge >= 0.3 is 0 Å². The zero-order valence-electron chi connectivity index (χ0n) is 15.9. The molecule has 0 amide bonds. The van der Waals surface area contributed by atoms with Crippen LogP contribution in [0.5, 0.6) is 11.5 Å². The lowest BCUT2D eigenvalue weighted by atomic mass is 9.91. The molecule has 2 aliphatic rings. The van der Waals surface area contributed by atoms with Crippen molar-refractivity contribution < 1.29 is 19.3 Å². The SMILES string of the molecule is COc1ccc(CCO[C@H]2CCCC[C@@H]2N2CCC(O)C2)cc1OC.Cl. The number of β-amino-alcohol motifs (C(OH)–C–C–N with tert-alkyl or cyclic N) is 1. The molecule has 0 aromatic heterocycles. The van der Waals surface area contributed by atoms with E-state index >= 15 is 0 Å². The van der Waals surface area contributed by atoms with Crippen molar-refractivity contribution in [3.63, 3.8) is 0 Å². The summed E-state index contributed by atoms with van der Waals surface area (Å²) < 4.78 is 16.9. The lowest BCUT2D eigenvalue weighted by molar-refractivity contribution is -0.0316. The first-order valence-corrected chi connectivity index (χ1v) is 9.46. The van der Waals surface area contributed by atoms with E-state index in [1.165, 1.54) is 24.8 Å². The summed E-state index contributed by atoms with van der Waals surface area (Å²) in [4.78, 5) is 2.44. The van der Waals surface area contributed by atoms with E-state index in [-0.39, 0.29) is 18.5 Å². The minimum atomic E-state index is -0.158. The molecule has 1 unspecified atom stereocenters. The number of rotatable bonds is 7. The number of hydrogen-bond acceptors (Lipinski definition) is 5. The first kappa shape index (κ1) is 21.3. The van der Waals surface area contributed by atoms with E-state index in [0.717, 1.165) is 43.9 Å². The smallest absolute Gasteiger partial charge is 0.160 e. The van der Waals surface area contributed by atoms with Gasteiger partial charge in [0.15, 0.2) is 11.5 Å². The second kappa shape index (κ2) is 10.4. The van der Waals surface area contributed by atoms with Crippen molar-refractivity contribution in [2.24, 2.45) is 0 Å². The summed E-state index contributed by atoms with van der Waals surface area (Å²) in [6.07, 6.45) is 6.73. The summed E-state index contributed by atoms with van der Waals surface area (Å²) >= 11 is 0. The number of halogens is 1. The fourth-order valence-electron chi connectivity index (χ4n) is 4.12. The highest BCUT2D eigenvalue weighted by Crippen LogP contribution is 2.30. The molecule has 1 saturated heterocycles. The predicted octanol–water partition coefficient (Wildman–Crippen LogP) is 3.06. The third kappa shape index (κ3) is 5.26. The largest absolute Gasteiger partial charge is 0.493 e. The average Bonchev–Trinajstić information content (AvgIpc) is 3.08. The van der Waals surface area contributed by atoms with Gasteiger partial charge in [-0.05, 0) is 43.4 Å². The van der Waals surface area contributed by atoms with E-state index in [9.17, 15) is 5.11 Å². The number of nitrogens with zero attached hydrogens (tertiary/aromatic N) is 1. The van der Waals surface area contributed by atoms with E-state index in [0.29, 0.717) is 18.8 Å². The van der Waals surface area contributed by atoms with E-state index in [1.54, 1.807) is 14.2 Å². The third-order valence-corrected chi connectivity index (χ3v) is 5.50. The number of ether oxygens (including phenoxy) is 3. The Labute approximate surface area is 163 Å². The number of benzene rings is 1. The second-order valence-electron chi connectivity index (χ2n) is 7.14. The van der Waals surface area contributed by atoms with E-state index in [1.807, 2.05) is 12.1 Å². The maximum atomic E-state index is 9.83. The molecular weight excluding hydrogens is 354 g/mol. The molecule has 1 aliphatic heterocycles. The third-order valence-electron chi connectivity index (χ3n) is 5.50. The van der Waals surface area contributed by atoms with Crippen LogP contribution in [0.1, 0.15) is 37.7 Å². The maximum absolute atomic E-state index is 9.83. The van der Waals surface area contributed by atoms with Crippen LogP contribution in [0.2, 0.25) is 0 Å². The van der Waals surface area contributed by atoms with Gasteiger partial charge in [-0.25, -0.2) is 0 Å². The zero-order chi connectivity index (χ0) is 17.6. The molecule has 6 heteroatoms. The van der Waals surface area contributed by atoms with Crippen molar-refractivity contribution in [2.75, 3.05) is 33.9 Å². The van der Waals surface area contributed by atoms with Crippen LogP contribution in [0.15, 0.2) is 18.2 Å². The van der Waals surface area contributed by atoms with E-state index in [2.05, 4.69) is 11.0 Å². The predicted molar refractivity (Wildman–Crippen MR) is 105 cm³/mol. The van der Waals surface area contributed by atoms with Gasteiger partial charge in [-0.1, -0.05) is 18.9 Å². The van der Waals surface area contributed by atoms with Crippen molar-refractivity contribution in [3.8, 4) is 11.5 Å².